The smallest absolute Gasteiger partial charge is 0.262 e. The van der Waals surface area contributed by atoms with Gasteiger partial charge in [-0.1, -0.05) is 12.1 Å². The maximum atomic E-state index is 12.1. The van der Waals surface area contributed by atoms with Crippen LogP contribution in [0.4, 0.5) is 5.69 Å². The van der Waals surface area contributed by atoms with E-state index in [1.54, 1.807) is 24.3 Å². The van der Waals surface area contributed by atoms with E-state index < -0.39 is 0 Å². The molecule has 0 bridgehead atoms. The van der Waals surface area contributed by atoms with Gasteiger partial charge in [0.1, 0.15) is 23.9 Å². The number of anilines is 1. The zero-order chi connectivity index (χ0) is 18.5. The summed E-state index contributed by atoms with van der Waals surface area (Å²) in [7, 11) is 0. The Hall–Kier alpha value is -3.05. The van der Waals surface area contributed by atoms with Crippen molar-refractivity contribution in [2.24, 2.45) is 0 Å². The third kappa shape index (κ3) is 4.13. The van der Waals surface area contributed by atoms with E-state index in [2.05, 4.69) is 5.32 Å². The molecule has 0 radical (unpaired) electrons. The van der Waals surface area contributed by atoms with Gasteiger partial charge in [0.05, 0.1) is 0 Å². The number of nitrogens with one attached hydrogen (secondary N) is 1. The Labute approximate surface area is 152 Å². The molecule has 5 heteroatoms. The number of amides is 1. The van der Waals surface area contributed by atoms with Gasteiger partial charge in [-0.05, 0) is 67.4 Å². The van der Waals surface area contributed by atoms with Gasteiger partial charge in [0.25, 0.3) is 5.91 Å². The van der Waals surface area contributed by atoms with Gasteiger partial charge >= 0.3 is 0 Å². The highest BCUT2D eigenvalue weighted by atomic mass is 16.5. The first-order chi connectivity index (χ1) is 12.6. The molecule has 0 aliphatic rings. The first-order valence-corrected chi connectivity index (χ1v) is 8.35. The van der Waals surface area contributed by atoms with Crippen LogP contribution in [0.3, 0.4) is 0 Å². The lowest BCUT2D eigenvalue weighted by Crippen LogP contribution is -2.20. The summed E-state index contributed by atoms with van der Waals surface area (Å²) in [5.74, 6) is 1.68. The van der Waals surface area contributed by atoms with Crippen molar-refractivity contribution in [1.29, 1.82) is 0 Å². The minimum atomic E-state index is -0.223. The maximum Gasteiger partial charge on any atom is 0.262 e. The summed E-state index contributed by atoms with van der Waals surface area (Å²) in [5.41, 5.74) is 3.71. The van der Waals surface area contributed by atoms with Crippen molar-refractivity contribution < 1.29 is 19.1 Å². The predicted octanol–water partition coefficient (Wildman–Crippen LogP) is 4.07. The van der Waals surface area contributed by atoms with Gasteiger partial charge in [0.2, 0.25) is 0 Å². The fourth-order valence-electron chi connectivity index (χ4n) is 2.56. The van der Waals surface area contributed by atoms with Crippen LogP contribution in [0.5, 0.6) is 5.75 Å². The maximum absolute atomic E-state index is 12.1. The topological polar surface area (TPSA) is 71.7 Å². The van der Waals surface area contributed by atoms with E-state index in [0.29, 0.717) is 23.0 Å². The second-order valence-corrected chi connectivity index (χ2v) is 6.04. The van der Waals surface area contributed by atoms with Crippen LogP contribution in [-0.4, -0.2) is 17.6 Å². The molecular weight excluding hydrogens is 330 g/mol. The Balaban J connectivity index is 1.58. The Bertz CT molecular complexity index is 897. The molecule has 26 heavy (non-hydrogen) atoms. The third-order valence-electron chi connectivity index (χ3n) is 4.18. The quantitative estimate of drug-likeness (QED) is 0.702. The van der Waals surface area contributed by atoms with Crippen molar-refractivity contribution >= 4 is 11.6 Å². The van der Waals surface area contributed by atoms with Crippen LogP contribution < -0.4 is 10.1 Å². The van der Waals surface area contributed by atoms with E-state index in [9.17, 15) is 4.79 Å². The number of hydrogen-bond acceptors (Lipinski definition) is 4. The molecule has 2 N–H and O–H groups in total. The number of benzene rings is 2. The van der Waals surface area contributed by atoms with Crippen LogP contribution in [0.25, 0.3) is 11.3 Å². The zero-order valence-electron chi connectivity index (χ0n) is 14.8. The first kappa shape index (κ1) is 17.8. The van der Waals surface area contributed by atoms with Gasteiger partial charge < -0.3 is 19.6 Å². The highest BCUT2D eigenvalue weighted by Gasteiger charge is 2.08. The molecule has 0 atom stereocenters. The number of aliphatic hydroxyl groups is 1. The fraction of sp³-hybridized carbons (Fsp3) is 0.190. The van der Waals surface area contributed by atoms with E-state index in [1.807, 2.05) is 44.2 Å². The van der Waals surface area contributed by atoms with Crippen LogP contribution in [0.15, 0.2) is 59.0 Å². The molecule has 0 unspecified atom stereocenters. The standard InChI is InChI=1S/C21H21NO4/c1-14-4-3-5-19(15(14)2)25-13-21(24)22-17-8-6-16(7-9-17)20-11-10-18(12-23)26-20/h3-11,23H,12-13H2,1-2H3,(H,22,24). The second-order valence-electron chi connectivity index (χ2n) is 6.04. The number of hydrogen-bond donors (Lipinski definition) is 2. The van der Waals surface area contributed by atoms with E-state index in [1.165, 1.54) is 0 Å². The second kappa shape index (κ2) is 7.89. The normalized spacial score (nSPS) is 10.6. The summed E-state index contributed by atoms with van der Waals surface area (Å²) < 4.78 is 11.1. The average Bonchev–Trinajstić information content (AvgIpc) is 3.13. The lowest BCUT2D eigenvalue weighted by atomic mass is 10.1. The molecule has 0 aliphatic carbocycles. The molecule has 1 amide bonds. The third-order valence-corrected chi connectivity index (χ3v) is 4.18. The van der Waals surface area contributed by atoms with Crippen LogP contribution in [0.1, 0.15) is 16.9 Å². The van der Waals surface area contributed by atoms with Crippen LogP contribution in [-0.2, 0) is 11.4 Å². The largest absolute Gasteiger partial charge is 0.483 e. The summed E-state index contributed by atoms with van der Waals surface area (Å²) in [6.07, 6.45) is 0. The molecule has 3 aromatic rings. The SMILES string of the molecule is Cc1cccc(OCC(=O)Nc2ccc(-c3ccc(CO)o3)cc2)c1C. The minimum absolute atomic E-state index is 0.0515. The summed E-state index contributed by atoms with van der Waals surface area (Å²) in [6.45, 7) is 3.79. The summed E-state index contributed by atoms with van der Waals surface area (Å²) in [5, 5.41) is 11.9. The van der Waals surface area contributed by atoms with E-state index in [0.717, 1.165) is 16.7 Å². The molecule has 0 saturated heterocycles. The van der Waals surface area contributed by atoms with E-state index in [4.69, 9.17) is 14.3 Å². The van der Waals surface area contributed by atoms with Crippen molar-refractivity contribution in [3.63, 3.8) is 0 Å². The Kier molecular flexibility index (Phi) is 5.39. The number of aliphatic hydroxyl groups excluding tert-OH is 1. The summed E-state index contributed by atoms with van der Waals surface area (Å²) in [6, 6.07) is 16.6. The van der Waals surface area contributed by atoms with Crippen molar-refractivity contribution in [3.05, 3.63) is 71.5 Å². The number of furan rings is 1. The molecule has 0 saturated carbocycles. The zero-order valence-corrected chi connectivity index (χ0v) is 14.8. The Morgan fingerprint density at radius 3 is 2.54 bits per heavy atom. The molecule has 0 spiro atoms. The summed E-state index contributed by atoms with van der Waals surface area (Å²) in [4.78, 5) is 12.1. The van der Waals surface area contributed by atoms with Crippen LogP contribution in [0, 0.1) is 13.8 Å². The van der Waals surface area contributed by atoms with E-state index in [-0.39, 0.29) is 19.1 Å². The molecule has 5 nitrogen and oxygen atoms in total. The predicted molar refractivity (Wildman–Crippen MR) is 100 cm³/mol. The van der Waals surface area contributed by atoms with Crippen molar-refractivity contribution in [3.8, 4) is 17.1 Å². The van der Waals surface area contributed by atoms with E-state index >= 15 is 0 Å². The minimum Gasteiger partial charge on any atom is -0.483 e. The lowest BCUT2D eigenvalue weighted by molar-refractivity contribution is -0.118. The average molecular weight is 351 g/mol. The van der Waals surface area contributed by atoms with Crippen molar-refractivity contribution in [1.82, 2.24) is 0 Å². The van der Waals surface area contributed by atoms with Crippen molar-refractivity contribution in [2.45, 2.75) is 20.5 Å². The Morgan fingerprint density at radius 1 is 1.08 bits per heavy atom. The molecular formula is C21H21NO4. The van der Waals surface area contributed by atoms with Gasteiger partial charge in [0, 0.05) is 11.3 Å². The number of aryl methyl sites for hydroxylation is 1. The molecule has 1 aromatic heterocycles. The number of rotatable bonds is 6. The highest BCUT2D eigenvalue weighted by Crippen LogP contribution is 2.24. The highest BCUT2D eigenvalue weighted by molar-refractivity contribution is 5.92. The van der Waals surface area contributed by atoms with Crippen molar-refractivity contribution in [2.75, 3.05) is 11.9 Å². The van der Waals surface area contributed by atoms with Gasteiger partial charge in [0.15, 0.2) is 6.61 Å². The number of carbonyl (C=O) groups excluding carboxylic acids is 1. The van der Waals surface area contributed by atoms with Crippen LogP contribution >= 0.6 is 0 Å². The van der Waals surface area contributed by atoms with Gasteiger partial charge in [-0.15, -0.1) is 0 Å². The molecule has 0 aliphatic heterocycles. The number of ether oxygens (including phenoxy) is 1. The molecule has 2 aromatic carbocycles. The van der Waals surface area contributed by atoms with Crippen LogP contribution in [0.2, 0.25) is 0 Å². The molecule has 134 valence electrons. The fourth-order valence-corrected chi connectivity index (χ4v) is 2.56. The van der Waals surface area contributed by atoms with Gasteiger partial charge in [-0.2, -0.15) is 0 Å². The number of carbonyl (C=O) groups is 1. The molecule has 3 rings (SSSR count). The van der Waals surface area contributed by atoms with Gasteiger partial charge in [-0.25, -0.2) is 0 Å². The summed E-state index contributed by atoms with van der Waals surface area (Å²) >= 11 is 0. The molecule has 1 heterocycles. The lowest BCUT2D eigenvalue weighted by Gasteiger charge is -2.11. The van der Waals surface area contributed by atoms with Gasteiger partial charge in [-0.3, -0.25) is 4.79 Å². The monoisotopic (exact) mass is 351 g/mol. The Morgan fingerprint density at radius 2 is 1.85 bits per heavy atom. The first-order valence-electron chi connectivity index (χ1n) is 8.35. The molecule has 0 fully saturated rings.